The second-order valence-corrected chi connectivity index (χ2v) is 6.75. The molecule has 1 saturated heterocycles. The molecule has 8 heteroatoms. The van der Waals surface area contributed by atoms with Gasteiger partial charge < -0.3 is 25.2 Å². The van der Waals surface area contributed by atoms with Crippen LogP contribution >= 0.6 is 15.9 Å². The largest absolute Gasteiger partial charge is 0.465 e. The van der Waals surface area contributed by atoms with Crippen LogP contribution in [0.4, 0.5) is 10.5 Å². The Morgan fingerprint density at radius 2 is 1.65 bits per heavy atom. The number of amides is 2. The molecule has 26 heavy (non-hydrogen) atoms. The minimum Gasteiger partial charge on any atom is -0.465 e. The van der Waals surface area contributed by atoms with Crippen molar-refractivity contribution in [3.63, 3.8) is 0 Å². The zero-order valence-electron chi connectivity index (χ0n) is 13.6. The summed E-state index contributed by atoms with van der Waals surface area (Å²) in [6.07, 6.45) is -1.98. The van der Waals surface area contributed by atoms with Crippen molar-refractivity contribution in [1.29, 1.82) is 0 Å². The summed E-state index contributed by atoms with van der Waals surface area (Å²) >= 11 is 3.32. The van der Waals surface area contributed by atoms with Gasteiger partial charge in [0.05, 0.1) is 13.2 Å². The standard InChI is InChI=1S/C18H17BrN2O5/c19-13-6-8-14(9-7-13)20-16(22)18(21-17(23)24)10-25-15(26-11-18)12-4-2-1-3-5-12/h1-9,15,21H,10-11H2,(H,20,22)(H,23,24). The van der Waals surface area contributed by atoms with Crippen molar-refractivity contribution in [3.8, 4) is 0 Å². The molecular weight excluding hydrogens is 404 g/mol. The Morgan fingerprint density at radius 1 is 1.04 bits per heavy atom. The van der Waals surface area contributed by atoms with Gasteiger partial charge in [0.1, 0.15) is 0 Å². The molecule has 0 bridgehead atoms. The van der Waals surface area contributed by atoms with Crippen LogP contribution in [0.25, 0.3) is 0 Å². The number of halogens is 1. The third-order valence-electron chi connectivity index (χ3n) is 3.92. The fraction of sp³-hybridized carbons (Fsp3) is 0.222. The van der Waals surface area contributed by atoms with Crippen molar-refractivity contribution in [2.45, 2.75) is 11.8 Å². The first kappa shape index (κ1) is 18.4. The molecule has 0 spiro atoms. The highest BCUT2D eigenvalue weighted by Crippen LogP contribution is 2.28. The van der Waals surface area contributed by atoms with Gasteiger partial charge in [-0.1, -0.05) is 46.3 Å². The van der Waals surface area contributed by atoms with Gasteiger partial charge in [-0.05, 0) is 24.3 Å². The van der Waals surface area contributed by atoms with Crippen LogP contribution in [0.15, 0.2) is 59.1 Å². The van der Waals surface area contributed by atoms with Gasteiger partial charge in [0, 0.05) is 15.7 Å². The smallest absolute Gasteiger partial charge is 0.405 e. The number of carbonyl (C=O) groups is 2. The number of carbonyl (C=O) groups excluding carboxylic acids is 1. The summed E-state index contributed by atoms with van der Waals surface area (Å²) in [6, 6.07) is 16.2. The normalized spacial score (nSPS) is 22.4. The number of rotatable bonds is 4. The van der Waals surface area contributed by atoms with E-state index in [-0.39, 0.29) is 13.2 Å². The minimum absolute atomic E-state index is 0.152. The molecule has 0 aliphatic carbocycles. The van der Waals surface area contributed by atoms with E-state index in [1.807, 2.05) is 30.3 Å². The third kappa shape index (κ3) is 4.21. The Morgan fingerprint density at radius 3 is 2.23 bits per heavy atom. The molecule has 1 aliphatic rings. The molecule has 1 heterocycles. The Balaban J connectivity index is 1.74. The summed E-state index contributed by atoms with van der Waals surface area (Å²) in [4.78, 5) is 24.0. The van der Waals surface area contributed by atoms with E-state index in [1.165, 1.54) is 0 Å². The SMILES string of the molecule is O=C(O)NC1(C(=O)Nc2ccc(Br)cc2)COC(c2ccccc2)OC1. The van der Waals surface area contributed by atoms with Gasteiger partial charge in [-0.3, -0.25) is 4.79 Å². The molecular formula is C18H17BrN2O5. The molecule has 3 N–H and O–H groups in total. The molecule has 2 amide bonds. The summed E-state index contributed by atoms with van der Waals surface area (Å²) in [5, 5.41) is 14.1. The molecule has 0 aromatic heterocycles. The molecule has 2 aromatic carbocycles. The van der Waals surface area contributed by atoms with Crippen molar-refractivity contribution in [2.75, 3.05) is 18.5 Å². The highest BCUT2D eigenvalue weighted by Gasteiger charge is 2.45. The first-order valence-corrected chi connectivity index (χ1v) is 8.64. The summed E-state index contributed by atoms with van der Waals surface area (Å²) in [5.74, 6) is -0.547. The van der Waals surface area contributed by atoms with E-state index in [2.05, 4.69) is 26.6 Å². The van der Waals surface area contributed by atoms with Crippen LogP contribution in [0.5, 0.6) is 0 Å². The van der Waals surface area contributed by atoms with E-state index < -0.39 is 23.8 Å². The van der Waals surface area contributed by atoms with Gasteiger partial charge in [-0.2, -0.15) is 0 Å². The Labute approximate surface area is 158 Å². The van der Waals surface area contributed by atoms with Gasteiger partial charge in [0.2, 0.25) is 0 Å². The van der Waals surface area contributed by atoms with E-state index in [0.717, 1.165) is 10.0 Å². The number of carboxylic acid groups (broad SMARTS) is 1. The Kier molecular flexibility index (Phi) is 5.55. The number of anilines is 1. The van der Waals surface area contributed by atoms with E-state index in [9.17, 15) is 9.59 Å². The monoisotopic (exact) mass is 420 g/mol. The van der Waals surface area contributed by atoms with Gasteiger partial charge in [0.15, 0.2) is 11.8 Å². The first-order valence-electron chi connectivity index (χ1n) is 7.85. The summed E-state index contributed by atoms with van der Waals surface area (Å²) in [7, 11) is 0. The fourth-order valence-electron chi connectivity index (χ4n) is 2.58. The molecule has 0 saturated carbocycles. The number of ether oxygens (including phenoxy) is 2. The third-order valence-corrected chi connectivity index (χ3v) is 4.45. The molecule has 3 rings (SSSR count). The molecule has 136 valence electrons. The molecule has 7 nitrogen and oxygen atoms in total. The zero-order chi connectivity index (χ0) is 18.6. The number of benzene rings is 2. The minimum atomic E-state index is -1.54. The van der Waals surface area contributed by atoms with Gasteiger partial charge in [-0.25, -0.2) is 4.79 Å². The van der Waals surface area contributed by atoms with Gasteiger partial charge >= 0.3 is 6.09 Å². The second-order valence-electron chi connectivity index (χ2n) is 5.84. The van der Waals surface area contributed by atoms with Crippen LogP contribution in [0.3, 0.4) is 0 Å². The average molecular weight is 421 g/mol. The van der Waals surface area contributed by atoms with Crippen LogP contribution < -0.4 is 10.6 Å². The predicted molar refractivity (Wildman–Crippen MR) is 97.8 cm³/mol. The van der Waals surface area contributed by atoms with E-state index >= 15 is 0 Å². The van der Waals surface area contributed by atoms with Gasteiger partial charge in [0.25, 0.3) is 5.91 Å². The van der Waals surface area contributed by atoms with E-state index in [0.29, 0.717) is 5.69 Å². The predicted octanol–water partition coefficient (Wildman–Crippen LogP) is 3.14. The molecule has 0 atom stereocenters. The van der Waals surface area contributed by atoms with Crippen molar-refractivity contribution < 1.29 is 24.2 Å². The lowest BCUT2D eigenvalue weighted by Gasteiger charge is -2.38. The molecule has 1 fully saturated rings. The first-order chi connectivity index (χ1) is 12.5. The maximum absolute atomic E-state index is 12.7. The van der Waals surface area contributed by atoms with Crippen molar-refractivity contribution >= 4 is 33.6 Å². The maximum Gasteiger partial charge on any atom is 0.405 e. The fourth-order valence-corrected chi connectivity index (χ4v) is 2.84. The van der Waals surface area contributed by atoms with Crippen LogP contribution in [0.2, 0.25) is 0 Å². The van der Waals surface area contributed by atoms with E-state index in [4.69, 9.17) is 14.6 Å². The van der Waals surface area contributed by atoms with Crippen LogP contribution in [-0.4, -0.2) is 35.9 Å². The quantitative estimate of drug-likeness (QED) is 0.705. The molecule has 1 aliphatic heterocycles. The Hall–Kier alpha value is -2.42. The van der Waals surface area contributed by atoms with Crippen LogP contribution in [0, 0.1) is 0 Å². The maximum atomic E-state index is 12.7. The lowest BCUT2D eigenvalue weighted by Crippen LogP contribution is -2.64. The molecule has 0 unspecified atom stereocenters. The van der Waals surface area contributed by atoms with Crippen molar-refractivity contribution in [1.82, 2.24) is 5.32 Å². The van der Waals surface area contributed by atoms with Gasteiger partial charge in [-0.15, -0.1) is 0 Å². The number of hydrogen-bond acceptors (Lipinski definition) is 4. The van der Waals surface area contributed by atoms with Crippen LogP contribution in [-0.2, 0) is 14.3 Å². The van der Waals surface area contributed by atoms with E-state index in [1.54, 1.807) is 24.3 Å². The average Bonchev–Trinajstić information content (AvgIpc) is 2.64. The van der Waals surface area contributed by atoms with Crippen molar-refractivity contribution in [3.05, 3.63) is 64.6 Å². The lowest BCUT2D eigenvalue weighted by atomic mass is 9.99. The summed E-state index contributed by atoms with van der Waals surface area (Å²) in [5.41, 5.74) is -0.204. The van der Waals surface area contributed by atoms with Crippen LogP contribution in [0.1, 0.15) is 11.9 Å². The summed E-state index contributed by atoms with van der Waals surface area (Å²) in [6.45, 7) is -0.303. The topological polar surface area (TPSA) is 96.9 Å². The van der Waals surface area contributed by atoms with Crippen molar-refractivity contribution in [2.24, 2.45) is 0 Å². The number of hydrogen-bond donors (Lipinski definition) is 3. The highest BCUT2D eigenvalue weighted by molar-refractivity contribution is 9.10. The zero-order valence-corrected chi connectivity index (χ0v) is 15.2. The molecule has 2 aromatic rings. The summed E-state index contributed by atoms with van der Waals surface area (Å²) < 4.78 is 12.1. The Bertz CT molecular complexity index is 774. The lowest BCUT2D eigenvalue weighted by molar-refractivity contribution is -0.214. The second kappa shape index (κ2) is 7.86. The highest BCUT2D eigenvalue weighted by atomic mass is 79.9. The molecule has 0 radical (unpaired) electrons. The number of nitrogens with one attached hydrogen (secondary N) is 2.